The molecule has 1 atom stereocenters. The summed E-state index contributed by atoms with van der Waals surface area (Å²) in [4.78, 5) is 15.0. The molecule has 1 N–H and O–H groups in total. The van der Waals surface area contributed by atoms with Gasteiger partial charge in [-0.3, -0.25) is 4.79 Å². The van der Waals surface area contributed by atoms with Gasteiger partial charge in [-0.1, -0.05) is 18.2 Å². The average molecular weight is 357 g/mol. The quantitative estimate of drug-likeness (QED) is 0.874. The number of carbonyl (C=O) groups is 1. The number of hydrogen-bond acceptors (Lipinski definition) is 3. The summed E-state index contributed by atoms with van der Waals surface area (Å²) in [6, 6.07) is 8.52. The van der Waals surface area contributed by atoms with Gasteiger partial charge in [-0.15, -0.1) is 0 Å². The van der Waals surface area contributed by atoms with E-state index in [0.717, 1.165) is 44.0 Å². The predicted octanol–water partition coefficient (Wildman–Crippen LogP) is 3.71. The fourth-order valence-electron chi connectivity index (χ4n) is 4.65. The van der Waals surface area contributed by atoms with Gasteiger partial charge in [0.2, 0.25) is 5.91 Å². The Balaban J connectivity index is 1.47. The Kier molecular flexibility index (Phi) is 4.96. The van der Waals surface area contributed by atoms with Crippen LogP contribution in [0.3, 0.4) is 0 Å². The van der Waals surface area contributed by atoms with E-state index < -0.39 is 0 Å². The first kappa shape index (κ1) is 17.8. The predicted molar refractivity (Wildman–Crippen MR) is 103 cm³/mol. The van der Waals surface area contributed by atoms with Crippen LogP contribution in [0, 0.1) is 5.92 Å². The van der Waals surface area contributed by atoms with Crippen LogP contribution in [-0.4, -0.2) is 42.1 Å². The SMILES string of the molecule is CC(C)NC(=O)CC1CC2(CCN(CC3CC3)CC2)Oc2ccccc21. The number of piperidine rings is 1. The summed E-state index contributed by atoms with van der Waals surface area (Å²) in [5.74, 6) is 2.36. The van der Waals surface area contributed by atoms with Crippen molar-refractivity contribution in [2.75, 3.05) is 19.6 Å². The third-order valence-electron chi connectivity index (χ3n) is 6.17. The molecule has 1 spiro atoms. The molecule has 1 aromatic rings. The van der Waals surface area contributed by atoms with Crippen molar-refractivity contribution in [2.45, 2.75) is 69.9 Å². The van der Waals surface area contributed by atoms with Crippen molar-refractivity contribution < 1.29 is 9.53 Å². The molecule has 4 nitrogen and oxygen atoms in total. The normalized spacial score (nSPS) is 25.0. The highest BCUT2D eigenvalue weighted by molar-refractivity contribution is 5.77. The van der Waals surface area contributed by atoms with Crippen molar-refractivity contribution in [1.29, 1.82) is 0 Å². The highest BCUT2D eigenvalue weighted by Gasteiger charge is 2.44. The van der Waals surface area contributed by atoms with Gasteiger partial charge < -0.3 is 15.0 Å². The molecule has 0 bridgehead atoms. The molecule has 4 heteroatoms. The van der Waals surface area contributed by atoms with Crippen molar-refractivity contribution in [2.24, 2.45) is 5.92 Å². The van der Waals surface area contributed by atoms with E-state index in [0.29, 0.717) is 6.42 Å². The van der Waals surface area contributed by atoms with E-state index >= 15 is 0 Å². The van der Waals surface area contributed by atoms with E-state index in [-0.39, 0.29) is 23.5 Å². The largest absolute Gasteiger partial charge is 0.487 e. The van der Waals surface area contributed by atoms with Crippen LogP contribution in [0.25, 0.3) is 0 Å². The Morgan fingerprint density at radius 2 is 2.00 bits per heavy atom. The van der Waals surface area contributed by atoms with Crippen LogP contribution in [0.15, 0.2) is 24.3 Å². The number of ether oxygens (including phenoxy) is 1. The topological polar surface area (TPSA) is 41.6 Å². The molecule has 1 saturated heterocycles. The fourth-order valence-corrected chi connectivity index (χ4v) is 4.65. The molecular formula is C22H32N2O2. The molecule has 2 fully saturated rings. The van der Waals surface area contributed by atoms with Crippen molar-refractivity contribution in [1.82, 2.24) is 10.2 Å². The summed E-state index contributed by atoms with van der Waals surface area (Å²) in [6.45, 7) is 7.57. The van der Waals surface area contributed by atoms with E-state index in [4.69, 9.17) is 4.74 Å². The summed E-state index contributed by atoms with van der Waals surface area (Å²) in [5, 5.41) is 3.06. The molecule has 0 aromatic heterocycles. The molecule has 4 rings (SSSR count). The second-order valence-corrected chi connectivity index (χ2v) is 8.89. The van der Waals surface area contributed by atoms with Crippen LogP contribution in [0.2, 0.25) is 0 Å². The van der Waals surface area contributed by atoms with Crippen LogP contribution >= 0.6 is 0 Å². The van der Waals surface area contributed by atoms with Gasteiger partial charge in [-0.2, -0.15) is 0 Å². The standard InChI is InChI=1S/C22H32N2O2/c1-16(2)23-21(25)13-18-14-22(26-20-6-4-3-5-19(18)20)9-11-24(12-10-22)15-17-7-8-17/h3-6,16-18H,7-15H2,1-2H3,(H,23,25). The number of hydrogen-bond donors (Lipinski definition) is 1. The summed E-state index contributed by atoms with van der Waals surface area (Å²) >= 11 is 0. The number of nitrogens with zero attached hydrogens (tertiary/aromatic N) is 1. The lowest BCUT2D eigenvalue weighted by atomic mass is 9.76. The minimum atomic E-state index is -0.0861. The number of amides is 1. The summed E-state index contributed by atoms with van der Waals surface area (Å²) in [6.07, 6.45) is 6.52. The molecular weight excluding hydrogens is 324 g/mol. The van der Waals surface area contributed by atoms with E-state index in [1.54, 1.807) is 0 Å². The Hall–Kier alpha value is -1.55. The first-order valence-electron chi connectivity index (χ1n) is 10.3. The third-order valence-corrected chi connectivity index (χ3v) is 6.17. The van der Waals surface area contributed by atoms with Gasteiger partial charge in [0, 0.05) is 38.0 Å². The summed E-state index contributed by atoms with van der Waals surface area (Å²) in [7, 11) is 0. The first-order valence-corrected chi connectivity index (χ1v) is 10.3. The minimum absolute atomic E-state index is 0.0861. The second-order valence-electron chi connectivity index (χ2n) is 8.89. The first-order chi connectivity index (χ1) is 12.5. The lowest BCUT2D eigenvalue weighted by molar-refractivity contribution is -0.122. The number of likely N-dealkylation sites (tertiary alicyclic amines) is 1. The third kappa shape index (κ3) is 4.06. The molecule has 0 radical (unpaired) electrons. The fraction of sp³-hybridized carbons (Fsp3) is 0.682. The lowest BCUT2D eigenvalue weighted by Gasteiger charge is -2.47. The maximum Gasteiger partial charge on any atom is 0.220 e. The Bertz CT molecular complexity index is 645. The van der Waals surface area contributed by atoms with Crippen molar-refractivity contribution in [3.8, 4) is 5.75 Å². The smallest absolute Gasteiger partial charge is 0.220 e. The van der Waals surface area contributed by atoms with Gasteiger partial charge in [0.1, 0.15) is 11.4 Å². The van der Waals surface area contributed by atoms with Crippen molar-refractivity contribution in [3.05, 3.63) is 29.8 Å². The molecule has 1 aromatic carbocycles. The number of fused-ring (bicyclic) bond motifs is 1. The molecule has 2 heterocycles. The summed E-state index contributed by atoms with van der Waals surface area (Å²) in [5.41, 5.74) is 1.12. The Morgan fingerprint density at radius 3 is 2.69 bits per heavy atom. The van der Waals surface area contributed by atoms with Gasteiger partial charge in [-0.25, -0.2) is 0 Å². The molecule has 26 heavy (non-hydrogen) atoms. The van der Waals surface area contributed by atoms with Crippen LogP contribution in [0.1, 0.15) is 63.9 Å². The number of rotatable bonds is 5. The Morgan fingerprint density at radius 1 is 1.27 bits per heavy atom. The number of carbonyl (C=O) groups excluding carboxylic acids is 1. The molecule has 1 aliphatic carbocycles. The maximum atomic E-state index is 12.4. The van der Waals surface area contributed by atoms with E-state index in [1.165, 1.54) is 24.9 Å². The zero-order valence-electron chi connectivity index (χ0n) is 16.2. The maximum absolute atomic E-state index is 12.4. The summed E-state index contributed by atoms with van der Waals surface area (Å²) < 4.78 is 6.56. The lowest BCUT2D eigenvalue weighted by Crippen LogP contribution is -2.51. The molecule has 2 aliphatic heterocycles. The van der Waals surface area contributed by atoms with Gasteiger partial charge in [-0.05, 0) is 63.5 Å². The minimum Gasteiger partial charge on any atom is -0.487 e. The Labute approximate surface area is 157 Å². The highest BCUT2D eigenvalue weighted by atomic mass is 16.5. The van der Waals surface area contributed by atoms with Crippen LogP contribution < -0.4 is 10.1 Å². The van der Waals surface area contributed by atoms with E-state index in [9.17, 15) is 4.79 Å². The number of nitrogens with one attached hydrogen (secondary N) is 1. The van der Waals surface area contributed by atoms with Gasteiger partial charge >= 0.3 is 0 Å². The second kappa shape index (κ2) is 7.22. The molecule has 1 saturated carbocycles. The van der Waals surface area contributed by atoms with E-state index in [2.05, 4.69) is 28.4 Å². The van der Waals surface area contributed by atoms with Crippen molar-refractivity contribution >= 4 is 5.91 Å². The monoisotopic (exact) mass is 356 g/mol. The van der Waals surface area contributed by atoms with Crippen LogP contribution in [-0.2, 0) is 4.79 Å². The van der Waals surface area contributed by atoms with Gasteiger partial charge in [0.05, 0.1) is 0 Å². The zero-order valence-corrected chi connectivity index (χ0v) is 16.2. The van der Waals surface area contributed by atoms with Crippen molar-refractivity contribution in [3.63, 3.8) is 0 Å². The molecule has 142 valence electrons. The van der Waals surface area contributed by atoms with Crippen LogP contribution in [0.5, 0.6) is 5.75 Å². The molecule has 1 unspecified atom stereocenters. The molecule has 3 aliphatic rings. The highest BCUT2D eigenvalue weighted by Crippen LogP contribution is 2.46. The average Bonchev–Trinajstić information content (AvgIpc) is 3.40. The number of benzene rings is 1. The van der Waals surface area contributed by atoms with Gasteiger partial charge in [0.15, 0.2) is 0 Å². The van der Waals surface area contributed by atoms with Gasteiger partial charge in [0.25, 0.3) is 0 Å². The van der Waals surface area contributed by atoms with E-state index in [1.807, 2.05) is 19.9 Å². The molecule has 1 amide bonds. The zero-order chi connectivity index (χ0) is 18.1. The number of para-hydroxylation sites is 1. The van der Waals surface area contributed by atoms with Crippen LogP contribution in [0.4, 0.5) is 0 Å².